The molecule has 4 nitrogen and oxygen atoms in total. The van der Waals surface area contributed by atoms with E-state index in [1.807, 2.05) is 0 Å². The maximum absolute atomic E-state index is 11.8. The number of hydrogen-bond donors (Lipinski definition) is 2. The van der Waals surface area contributed by atoms with Crippen molar-refractivity contribution in [2.75, 3.05) is 0 Å². The molecule has 0 aromatic carbocycles. The summed E-state index contributed by atoms with van der Waals surface area (Å²) < 4.78 is 0. The minimum absolute atomic E-state index is 0.0387. The Kier molecular flexibility index (Phi) is 1.82. The lowest BCUT2D eigenvalue weighted by Gasteiger charge is -2.14. The Bertz CT molecular complexity index is 287. The second-order valence-electron chi connectivity index (χ2n) is 5.08. The van der Waals surface area contributed by atoms with Crippen LogP contribution in [0.4, 0.5) is 0 Å². The van der Waals surface area contributed by atoms with Crippen molar-refractivity contribution in [3.05, 3.63) is 0 Å². The SMILES string of the molecule is O=C(NC1CC1)C1(C(=O)NC2CC2)CC1. The number of carbonyl (C=O) groups excluding carboxylic acids is 2. The van der Waals surface area contributed by atoms with Crippen molar-refractivity contribution in [1.29, 1.82) is 0 Å². The van der Waals surface area contributed by atoms with Crippen molar-refractivity contribution in [1.82, 2.24) is 10.6 Å². The van der Waals surface area contributed by atoms with Gasteiger partial charge < -0.3 is 10.6 Å². The van der Waals surface area contributed by atoms with Gasteiger partial charge in [-0.25, -0.2) is 0 Å². The van der Waals surface area contributed by atoms with Crippen molar-refractivity contribution < 1.29 is 9.59 Å². The molecule has 0 saturated heterocycles. The summed E-state index contributed by atoms with van der Waals surface area (Å²) in [5.74, 6) is -0.0775. The zero-order chi connectivity index (χ0) is 10.5. The van der Waals surface area contributed by atoms with Crippen molar-refractivity contribution in [3.8, 4) is 0 Å². The third kappa shape index (κ3) is 1.73. The standard InChI is InChI=1S/C11H16N2O2/c14-9(12-7-1-2-7)11(5-6-11)10(15)13-8-3-4-8/h7-8H,1-6H2,(H,12,14)(H,13,15). The lowest BCUT2D eigenvalue weighted by molar-refractivity contribution is -0.137. The first-order valence-electron chi connectivity index (χ1n) is 5.83. The summed E-state index contributed by atoms with van der Waals surface area (Å²) in [4.78, 5) is 23.7. The first-order valence-corrected chi connectivity index (χ1v) is 5.83. The summed E-state index contributed by atoms with van der Waals surface area (Å²) >= 11 is 0. The zero-order valence-electron chi connectivity index (χ0n) is 8.71. The first-order chi connectivity index (χ1) is 7.21. The van der Waals surface area contributed by atoms with Crippen LogP contribution in [0.3, 0.4) is 0 Å². The maximum Gasteiger partial charge on any atom is 0.235 e. The van der Waals surface area contributed by atoms with E-state index < -0.39 is 5.41 Å². The van der Waals surface area contributed by atoms with E-state index in [4.69, 9.17) is 0 Å². The van der Waals surface area contributed by atoms with Crippen LogP contribution in [0, 0.1) is 5.41 Å². The molecule has 0 radical (unpaired) electrons. The molecule has 2 N–H and O–H groups in total. The number of nitrogens with one attached hydrogen (secondary N) is 2. The van der Waals surface area contributed by atoms with E-state index in [2.05, 4.69) is 10.6 Å². The Hall–Kier alpha value is -1.06. The van der Waals surface area contributed by atoms with Gasteiger partial charge in [0.15, 0.2) is 0 Å². The Morgan fingerprint density at radius 3 is 1.53 bits per heavy atom. The van der Waals surface area contributed by atoms with Crippen LogP contribution in [-0.4, -0.2) is 23.9 Å². The molecule has 0 unspecified atom stereocenters. The lowest BCUT2D eigenvalue weighted by atomic mass is 10.1. The predicted molar refractivity (Wildman–Crippen MR) is 54.0 cm³/mol. The average molecular weight is 208 g/mol. The molecule has 0 bridgehead atoms. The van der Waals surface area contributed by atoms with Crippen LogP contribution in [0.5, 0.6) is 0 Å². The lowest BCUT2D eigenvalue weighted by Crippen LogP contribution is -2.44. The largest absolute Gasteiger partial charge is 0.352 e. The summed E-state index contributed by atoms with van der Waals surface area (Å²) in [5, 5.41) is 5.86. The Balaban J connectivity index is 1.60. The van der Waals surface area contributed by atoms with Gasteiger partial charge in [-0.3, -0.25) is 9.59 Å². The van der Waals surface area contributed by atoms with Gasteiger partial charge in [0.2, 0.25) is 11.8 Å². The number of rotatable bonds is 4. The molecule has 0 atom stereocenters. The fourth-order valence-electron chi connectivity index (χ4n) is 1.78. The van der Waals surface area contributed by atoms with Crippen LogP contribution in [0.25, 0.3) is 0 Å². The topological polar surface area (TPSA) is 58.2 Å². The molecule has 3 rings (SSSR count). The van der Waals surface area contributed by atoms with Gasteiger partial charge in [-0.05, 0) is 38.5 Å². The van der Waals surface area contributed by atoms with Crippen molar-refractivity contribution in [2.45, 2.75) is 50.6 Å². The van der Waals surface area contributed by atoms with E-state index in [-0.39, 0.29) is 11.8 Å². The molecule has 2 amide bonds. The predicted octanol–water partition coefficient (Wildman–Crippen LogP) is 0.324. The first kappa shape index (κ1) is 9.19. The summed E-state index contributed by atoms with van der Waals surface area (Å²) in [7, 11) is 0. The molecular formula is C11H16N2O2. The fourth-order valence-corrected chi connectivity index (χ4v) is 1.78. The molecule has 3 aliphatic rings. The van der Waals surface area contributed by atoms with Gasteiger partial charge >= 0.3 is 0 Å². The van der Waals surface area contributed by atoms with Crippen LogP contribution in [0.15, 0.2) is 0 Å². The molecule has 3 aliphatic carbocycles. The van der Waals surface area contributed by atoms with E-state index in [1.165, 1.54) is 0 Å². The van der Waals surface area contributed by atoms with E-state index >= 15 is 0 Å². The molecule has 82 valence electrons. The smallest absolute Gasteiger partial charge is 0.235 e. The third-order valence-corrected chi connectivity index (χ3v) is 3.44. The Morgan fingerprint density at radius 1 is 0.867 bits per heavy atom. The molecular weight excluding hydrogens is 192 g/mol. The minimum atomic E-state index is -0.689. The van der Waals surface area contributed by atoms with Crippen LogP contribution in [0.1, 0.15) is 38.5 Å². The summed E-state index contributed by atoms with van der Waals surface area (Å²) in [6.07, 6.45) is 5.75. The number of carbonyl (C=O) groups is 2. The highest BCUT2D eigenvalue weighted by atomic mass is 16.2. The van der Waals surface area contributed by atoms with Gasteiger partial charge in [0.1, 0.15) is 5.41 Å². The van der Waals surface area contributed by atoms with Crippen molar-refractivity contribution in [3.63, 3.8) is 0 Å². The molecule has 15 heavy (non-hydrogen) atoms. The monoisotopic (exact) mass is 208 g/mol. The molecule has 0 aromatic rings. The van der Waals surface area contributed by atoms with Gasteiger partial charge in [-0.2, -0.15) is 0 Å². The van der Waals surface area contributed by atoms with Crippen molar-refractivity contribution in [2.24, 2.45) is 5.41 Å². The molecule has 4 heteroatoms. The van der Waals surface area contributed by atoms with Crippen LogP contribution in [-0.2, 0) is 9.59 Å². The van der Waals surface area contributed by atoms with Gasteiger partial charge in [-0.15, -0.1) is 0 Å². The van der Waals surface area contributed by atoms with E-state index in [1.54, 1.807) is 0 Å². The maximum atomic E-state index is 11.8. The molecule has 3 fully saturated rings. The average Bonchev–Trinajstić information content (AvgIpc) is 3.03. The third-order valence-electron chi connectivity index (χ3n) is 3.44. The van der Waals surface area contributed by atoms with Gasteiger partial charge in [0.25, 0.3) is 0 Å². The summed E-state index contributed by atoms with van der Waals surface area (Å²) in [6, 6.07) is 0.701. The van der Waals surface area contributed by atoms with Gasteiger partial charge in [0.05, 0.1) is 0 Å². The normalized spacial score (nSPS) is 26.9. The minimum Gasteiger partial charge on any atom is -0.352 e. The van der Waals surface area contributed by atoms with Gasteiger partial charge in [-0.1, -0.05) is 0 Å². The van der Waals surface area contributed by atoms with Crippen LogP contribution >= 0.6 is 0 Å². The Labute approximate surface area is 88.8 Å². The fraction of sp³-hybridized carbons (Fsp3) is 0.818. The van der Waals surface area contributed by atoms with Crippen LogP contribution < -0.4 is 10.6 Å². The van der Waals surface area contributed by atoms with E-state index in [0.29, 0.717) is 12.1 Å². The van der Waals surface area contributed by atoms with E-state index in [9.17, 15) is 9.59 Å². The quantitative estimate of drug-likeness (QED) is 0.654. The molecule has 0 heterocycles. The number of hydrogen-bond acceptors (Lipinski definition) is 2. The summed E-state index contributed by atoms with van der Waals surface area (Å²) in [6.45, 7) is 0. The van der Waals surface area contributed by atoms with Gasteiger partial charge in [0, 0.05) is 12.1 Å². The molecule has 0 aliphatic heterocycles. The molecule has 0 spiro atoms. The van der Waals surface area contributed by atoms with Crippen molar-refractivity contribution >= 4 is 11.8 Å². The highest BCUT2D eigenvalue weighted by molar-refractivity contribution is 6.08. The summed E-state index contributed by atoms with van der Waals surface area (Å²) in [5.41, 5.74) is -0.689. The molecule has 3 saturated carbocycles. The highest BCUT2D eigenvalue weighted by Crippen LogP contribution is 2.47. The number of amides is 2. The second kappa shape index (κ2) is 2.97. The molecule has 0 aromatic heterocycles. The zero-order valence-corrected chi connectivity index (χ0v) is 8.71. The Morgan fingerprint density at radius 2 is 1.27 bits per heavy atom. The van der Waals surface area contributed by atoms with E-state index in [0.717, 1.165) is 38.5 Å². The van der Waals surface area contributed by atoms with Crippen LogP contribution in [0.2, 0.25) is 0 Å². The second-order valence-corrected chi connectivity index (χ2v) is 5.08. The highest BCUT2D eigenvalue weighted by Gasteiger charge is 2.57.